The number of pyridine rings is 1. The first-order valence-electron chi connectivity index (χ1n) is 5.75. The number of aryl methyl sites for hydroxylation is 1. The van der Waals surface area contributed by atoms with Crippen molar-refractivity contribution >= 4 is 15.9 Å². The Morgan fingerprint density at radius 3 is 2.83 bits per heavy atom. The van der Waals surface area contributed by atoms with Gasteiger partial charge in [0.05, 0.1) is 12.0 Å². The van der Waals surface area contributed by atoms with Crippen LogP contribution in [0.4, 0.5) is 0 Å². The molecule has 0 fully saturated rings. The van der Waals surface area contributed by atoms with Crippen LogP contribution in [0.1, 0.15) is 22.6 Å². The van der Waals surface area contributed by atoms with Gasteiger partial charge in [0.25, 0.3) is 0 Å². The Kier molecular flexibility index (Phi) is 4.11. The van der Waals surface area contributed by atoms with Crippen LogP contribution in [0.3, 0.4) is 0 Å². The van der Waals surface area contributed by atoms with Crippen LogP contribution in [0.25, 0.3) is 0 Å². The Hall–Kier alpha value is -1.66. The molecule has 1 unspecified atom stereocenters. The molecule has 1 aromatic carbocycles. The fraction of sp³-hybridized carbons (Fsp3) is 0.200. The number of aromatic nitrogens is 1. The summed E-state index contributed by atoms with van der Waals surface area (Å²) in [4.78, 5) is 4.09. The Bertz CT molecular complexity index is 573. The summed E-state index contributed by atoms with van der Waals surface area (Å²) in [5.41, 5.74) is 3.32. The standard InChI is InChI=1S/C15H13BrN2/c1-11-7-14(16)4-5-15(11)13(9-17)8-12-3-2-6-18-10-12/h2-7,10,13H,8H2,1H3. The third kappa shape index (κ3) is 2.96. The summed E-state index contributed by atoms with van der Waals surface area (Å²) < 4.78 is 1.04. The molecular weight excluding hydrogens is 288 g/mol. The number of nitriles is 1. The van der Waals surface area contributed by atoms with Crippen LogP contribution in [0, 0.1) is 18.3 Å². The van der Waals surface area contributed by atoms with E-state index in [-0.39, 0.29) is 5.92 Å². The fourth-order valence-electron chi connectivity index (χ4n) is 2.01. The molecule has 18 heavy (non-hydrogen) atoms. The van der Waals surface area contributed by atoms with Crippen molar-refractivity contribution < 1.29 is 0 Å². The van der Waals surface area contributed by atoms with Crippen molar-refractivity contribution in [3.8, 4) is 6.07 Å². The van der Waals surface area contributed by atoms with Crippen molar-refractivity contribution in [1.29, 1.82) is 5.26 Å². The van der Waals surface area contributed by atoms with Gasteiger partial charge in [0.15, 0.2) is 0 Å². The lowest BCUT2D eigenvalue weighted by molar-refractivity contribution is 0.836. The lowest BCUT2D eigenvalue weighted by Crippen LogP contribution is -2.03. The predicted molar refractivity (Wildman–Crippen MR) is 75.2 cm³/mol. The van der Waals surface area contributed by atoms with Crippen LogP contribution in [-0.2, 0) is 6.42 Å². The van der Waals surface area contributed by atoms with Crippen molar-refractivity contribution in [3.63, 3.8) is 0 Å². The van der Waals surface area contributed by atoms with Gasteiger partial charge in [0.2, 0.25) is 0 Å². The quantitative estimate of drug-likeness (QED) is 0.859. The van der Waals surface area contributed by atoms with E-state index in [1.165, 1.54) is 0 Å². The molecule has 1 heterocycles. The summed E-state index contributed by atoms with van der Waals surface area (Å²) >= 11 is 3.44. The molecule has 0 radical (unpaired) electrons. The molecule has 0 saturated carbocycles. The number of halogens is 1. The highest BCUT2D eigenvalue weighted by atomic mass is 79.9. The third-order valence-electron chi connectivity index (χ3n) is 2.93. The highest BCUT2D eigenvalue weighted by molar-refractivity contribution is 9.10. The minimum Gasteiger partial charge on any atom is -0.264 e. The summed E-state index contributed by atoms with van der Waals surface area (Å²) in [5, 5.41) is 9.35. The van der Waals surface area contributed by atoms with Crippen LogP contribution in [0.15, 0.2) is 47.2 Å². The Balaban J connectivity index is 2.27. The van der Waals surface area contributed by atoms with Crippen LogP contribution in [0.2, 0.25) is 0 Å². The molecule has 0 amide bonds. The molecule has 0 spiro atoms. The molecule has 0 saturated heterocycles. The van der Waals surface area contributed by atoms with Crippen LogP contribution in [-0.4, -0.2) is 4.98 Å². The molecule has 3 heteroatoms. The first-order chi connectivity index (χ1) is 8.70. The molecule has 90 valence electrons. The van der Waals surface area contributed by atoms with Crippen molar-refractivity contribution in [2.45, 2.75) is 19.3 Å². The zero-order chi connectivity index (χ0) is 13.0. The Morgan fingerprint density at radius 2 is 2.22 bits per heavy atom. The van der Waals surface area contributed by atoms with E-state index >= 15 is 0 Å². The Labute approximate surface area is 115 Å². The molecule has 2 nitrogen and oxygen atoms in total. The molecule has 1 atom stereocenters. The maximum atomic E-state index is 9.35. The van der Waals surface area contributed by atoms with E-state index in [2.05, 4.69) is 27.0 Å². The summed E-state index contributed by atoms with van der Waals surface area (Å²) in [6.45, 7) is 2.04. The zero-order valence-corrected chi connectivity index (χ0v) is 11.7. The number of hydrogen-bond donors (Lipinski definition) is 0. The second-order valence-electron chi connectivity index (χ2n) is 4.25. The first kappa shape index (κ1) is 12.8. The van der Waals surface area contributed by atoms with Gasteiger partial charge >= 0.3 is 0 Å². The summed E-state index contributed by atoms with van der Waals surface area (Å²) in [6.07, 6.45) is 4.26. The van der Waals surface area contributed by atoms with Gasteiger partial charge in [0, 0.05) is 16.9 Å². The van der Waals surface area contributed by atoms with Crippen molar-refractivity contribution in [2.24, 2.45) is 0 Å². The average Bonchev–Trinajstić information content (AvgIpc) is 2.38. The first-order valence-corrected chi connectivity index (χ1v) is 6.54. The van der Waals surface area contributed by atoms with E-state index in [0.717, 1.165) is 21.2 Å². The number of hydrogen-bond acceptors (Lipinski definition) is 2. The van der Waals surface area contributed by atoms with Gasteiger partial charge in [-0.05, 0) is 48.2 Å². The topological polar surface area (TPSA) is 36.7 Å². The lowest BCUT2D eigenvalue weighted by Gasteiger charge is -2.12. The molecular formula is C15H13BrN2. The average molecular weight is 301 g/mol. The molecule has 1 aromatic heterocycles. The van der Waals surface area contributed by atoms with Crippen molar-refractivity contribution in [2.75, 3.05) is 0 Å². The summed E-state index contributed by atoms with van der Waals surface area (Å²) in [6, 6.07) is 12.3. The lowest BCUT2D eigenvalue weighted by atomic mass is 9.91. The van der Waals surface area contributed by atoms with Gasteiger partial charge in [-0.1, -0.05) is 28.1 Å². The van der Waals surface area contributed by atoms with Gasteiger partial charge in [-0.25, -0.2) is 0 Å². The van der Waals surface area contributed by atoms with E-state index in [0.29, 0.717) is 6.42 Å². The van der Waals surface area contributed by atoms with E-state index in [9.17, 15) is 5.26 Å². The Morgan fingerprint density at radius 1 is 1.39 bits per heavy atom. The van der Waals surface area contributed by atoms with Gasteiger partial charge in [0.1, 0.15) is 0 Å². The molecule has 2 rings (SSSR count). The summed E-state index contributed by atoms with van der Waals surface area (Å²) in [7, 11) is 0. The highest BCUT2D eigenvalue weighted by Gasteiger charge is 2.14. The zero-order valence-electron chi connectivity index (χ0n) is 10.1. The van der Waals surface area contributed by atoms with E-state index < -0.39 is 0 Å². The SMILES string of the molecule is Cc1cc(Br)ccc1C(C#N)Cc1cccnc1. The molecule has 0 aliphatic rings. The van der Waals surface area contributed by atoms with Gasteiger partial charge in [-0.2, -0.15) is 5.26 Å². The molecule has 0 aliphatic heterocycles. The van der Waals surface area contributed by atoms with Gasteiger partial charge in [-0.3, -0.25) is 4.98 Å². The van der Waals surface area contributed by atoms with Crippen LogP contribution < -0.4 is 0 Å². The number of rotatable bonds is 3. The minimum atomic E-state index is -0.123. The maximum absolute atomic E-state index is 9.35. The fourth-order valence-corrected chi connectivity index (χ4v) is 2.49. The molecule has 0 aliphatic carbocycles. The van der Waals surface area contributed by atoms with Crippen LogP contribution >= 0.6 is 15.9 Å². The minimum absolute atomic E-state index is 0.123. The second kappa shape index (κ2) is 5.79. The van der Waals surface area contributed by atoms with Gasteiger partial charge in [-0.15, -0.1) is 0 Å². The maximum Gasteiger partial charge on any atom is 0.0756 e. The number of nitrogens with zero attached hydrogens (tertiary/aromatic N) is 2. The normalized spacial score (nSPS) is 11.8. The third-order valence-corrected chi connectivity index (χ3v) is 3.42. The smallest absolute Gasteiger partial charge is 0.0756 e. The van der Waals surface area contributed by atoms with Crippen LogP contribution in [0.5, 0.6) is 0 Å². The molecule has 0 N–H and O–H groups in total. The predicted octanol–water partition coefficient (Wildman–Crippen LogP) is 4.00. The highest BCUT2D eigenvalue weighted by Crippen LogP contribution is 2.25. The monoisotopic (exact) mass is 300 g/mol. The summed E-state index contributed by atoms with van der Waals surface area (Å²) in [5.74, 6) is -0.123. The molecule has 2 aromatic rings. The van der Waals surface area contributed by atoms with E-state index in [1.54, 1.807) is 6.20 Å². The molecule has 0 bridgehead atoms. The largest absolute Gasteiger partial charge is 0.264 e. The second-order valence-corrected chi connectivity index (χ2v) is 5.16. The van der Waals surface area contributed by atoms with E-state index in [1.807, 2.05) is 43.5 Å². The van der Waals surface area contributed by atoms with Crippen molar-refractivity contribution in [1.82, 2.24) is 4.98 Å². The van der Waals surface area contributed by atoms with Crippen molar-refractivity contribution in [3.05, 3.63) is 63.9 Å². The van der Waals surface area contributed by atoms with E-state index in [4.69, 9.17) is 0 Å². The number of benzene rings is 1. The van der Waals surface area contributed by atoms with Gasteiger partial charge < -0.3 is 0 Å².